The number of aromatic nitrogens is 2. The number of alkyl halides is 2. The van der Waals surface area contributed by atoms with Gasteiger partial charge in [0.25, 0.3) is 5.92 Å². The van der Waals surface area contributed by atoms with Crippen molar-refractivity contribution in [2.45, 2.75) is 31.4 Å². The lowest BCUT2D eigenvalue weighted by Crippen LogP contribution is -2.60. The number of fused-ring (bicyclic) bond motifs is 1. The molecule has 1 aromatic heterocycles. The van der Waals surface area contributed by atoms with Crippen LogP contribution in [0.25, 0.3) is 10.9 Å². The van der Waals surface area contributed by atoms with Gasteiger partial charge >= 0.3 is 0 Å². The zero-order valence-corrected chi connectivity index (χ0v) is 18.4. The smallest absolute Gasteiger partial charge is 0.296 e. The summed E-state index contributed by atoms with van der Waals surface area (Å²) >= 11 is 0. The summed E-state index contributed by atoms with van der Waals surface area (Å²) < 4.78 is 83.3. The summed E-state index contributed by atoms with van der Waals surface area (Å²) in [4.78, 5) is 10.00. The number of aryl methyl sites for hydroxylation is 1. The molecule has 2 saturated heterocycles. The van der Waals surface area contributed by atoms with E-state index in [9.17, 15) is 4.39 Å². The number of piperidine rings is 1. The Hall–Kier alpha value is -3.11. The lowest BCUT2D eigenvalue weighted by Gasteiger charge is -2.44. The summed E-state index contributed by atoms with van der Waals surface area (Å²) in [6.07, 6.45) is -0.289. The number of hydrogen-bond donors (Lipinski definition) is 1. The number of ether oxygens (including phenoxy) is 3. The molecule has 1 N–H and O–H groups in total. The van der Waals surface area contributed by atoms with E-state index in [0.717, 1.165) is 0 Å². The molecule has 5 rings (SSSR count). The second-order valence-electron chi connectivity index (χ2n) is 8.52. The largest absolute Gasteiger partial charge is 0.493 e. The first-order chi connectivity index (χ1) is 17.5. The standard InChI is InChI=1S/C24H25F3N4O3/c1-14-4-3-5-17(22(14)25)30-23-16-8-20(19(32-2)9-18(16)28-13-29-23)34-21-6-7-31(12-24(21,26)27)15-10-33-11-15/h3-5,8-9,13,15,21H,6-7,10-12H2,1-2H3,(H,28,29,30)/t21-/m0/s1/i2D3. The molecule has 2 aliphatic rings. The highest BCUT2D eigenvalue weighted by molar-refractivity contribution is 5.93. The molecule has 0 amide bonds. The van der Waals surface area contributed by atoms with Crippen LogP contribution < -0.4 is 14.8 Å². The first-order valence-corrected chi connectivity index (χ1v) is 10.9. The van der Waals surface area contributed by atoms with Crippen molar-refractivity contribution in [1.82, 2.24) is 14.9 Å². The molecule has 0 saturated carbocycles. The third-order valence-corrected chi connectivity index (χ3v) is 6.23. The second-order valence-corrected chi connectivity index (χ2v) is 8.52. The van der Waals surface area contributed by atoms with Gasteiger partial charge < -0.3 is 19.5 Å². The third-order valence-electron chi connectivity index (χ3n) is 6.23. The second kappa shape index (κ2) is 8.92. The van der Waals surface area contributed by atoms with Crippen molar-refractivity contribution in [1.29, 1.82) is 0 Å². The van der Waals surface area contributed by atoms with Gasteiger partial charge in [0.1, 0.15) is 18.0 Å². The summed E-state index contributed by atoms with van der Waals surface area (Å²) in [6, 6.07) is 7.40. The van der Waals surface area contributed by atoms with Crippen LogP contribution in [-0.2, 0) is 4.74 Å². The van der Waals surface area contributed by atoms with Crippen LogP contribution in [0.15, 0.2) is 36.7 Å². The Bertz CT molecular complexity index is 1310. The Morgan fingerprint density at radius 2 is 2.09 bits per heavy atom. The quantitative estimate of drug-likeness (QED) is 0.567. The van der Waals surface area contributed by atoms with Gasteiger partial charge in [-0.2, -0.15) is 0 Å². The monoisotopic (exact) mass is 477 g/mol. The van der Waals surface area contributed by atoms with E-state index < -0.39 is 31.4 Å². The summed E-state index contributed by atoms with van der Waals surface area (Å²) in [5.74, 6) is -3.96. The van der Waals surface area contributed by atoms with Crippen molar-refractivity contribution in [3.8, 4) is 11.5 Å². The maximum absolute atomic E-state index is 15.1. The molecule has 7 nitrogen and oxygen atoms in total. The van der Waals surface area contributed by atoms with E-state index in [1.165, 1.54) is 24.5 Å². The zero-order chi connectivity index (χ0) is 26.4. The molecule has 0 bridgehead atoms. The summed E-state index contributed by atoms with van der Waals surface area (Å²) in [7, 11) is -2.86. The van der Waals surface area contributed by atoms with E-state index in [0.29, 0.717) is 30.7 Å². The fraction of sp³-hybridized carbons (Fsp3) is 0.417. The van der Waals surface area contributed by atoms with Gasteiger partial charge in [0.05, 0.1) is 48.2 Å². The topological polar surface area (TPSA) is 68.7 Å². The number of hydrogen-bond acceptors (Lipinski definition) is 7. The minimum Gasteiger partial charge on any atom is -0.493 e. The molecule has 10 heteroatoms. The van der Waals surface area contributed by atoms with Crippen LogP contribution in [0.2, 0.25) is 0 Å². The highest BCUT2D eigenvalue weighted by Crippen LogP contribution is 2.39. The molecule has 0 spiro atoms. The third kappa shape index (κ3) is 4.23. The van der Waals surface area contributed by atoms with Crippen molar-refractivity contribution < 1.29 is 31.5 Å². The summed E-state index contributed by atoms with van der Waals surface area (Å²) in [6.45, 7) is 2.32. The molecule has 3 heterocycles. The van der Waals surface area contributed by atoms with Gasteiger partial charge in [0.2, 0.25) is 0 Å². The van der Waals surface area contributed by atoms with Crippen LogP contribution in [0.5, 0.6) is 11.5 Å². The molecule has 2 aliphatic heterocycles. The Labute approximate surface area is 199 Å². The normalized spacial score (nSPS) is 22.4. The average molecular weight is 478 g/mol. The number of halogens is 3. The fourth-order valence-corrected chi connectivity index (χ4v) is 4.20. The van der Waals surface area contributed by atoms with E-state index in [1.54, 1.807) is 24.0 Å². The lowest BCUT2D eigenvalue weighted by atomic mass is 10.0. The molecular weight excluding hydrogens is 449 g/mol. The first kappa shape index (κ1) is 19.2. The van der Waals surface area contributed by atoms with Crippen LogP contribution in [0.3, 0.4) is 0 Å². The van der Waals surface area contributed by atoms with Crippen LogP contribution in [0.1, 0.15) is 16.1 Å². The molecule has 2 fully saturated rings. The lowest BCUT2D eigenvalue weighted by molar-refractivity contribution is -0.170. The van der Waals surface area contributed by atoms with Crippen molar-refractivity contribution in [2.24, 2.45) is 0 Å². The number of benzene rings is 2. The van der Waals surface area contributed by atoms with Gasteiger partial charge in [-0.05, 0) is 24.6 Å². The van der Waals surface area contributed by atoms with Crippen molar-refractivity contribution >= 4 is 22.4 Å². The predicted molar refractivity (Wildman–Crippen MR) is 121 cm³/mol. The molecule has 3 aromatic rings. The minimum atomic E-state index is -3.21. The highest BCUT2D eigenvalue weighted by atomic mass is 19.3. The Morgan fingerprint density at radius 3 is 2.82 bits per heavy atom. The molecule has 2 aromatic carbocycles. The number of methoxy groups -OCH3 is 1. The Kier molecular flexibility index (Phi) is 5.04. The van der Waals surface area contributed by atoms with Crippen molar-refractivity contribution in [3.05, 3.63) is 48.0 Å². The van der Waals surface area contributed by atoms with Crippen molar-refractivity contribution in [3.63, 3.8) is 0 Å². The van der Waals surface area contributed by atoms with Crippen LogP contribution in [0, 0.1) is 12.7 Å². The number of rotatable bonds is 6. The van der Waals surface area contributed by atoms with E-state index in [2.05, 4.69) is 15.3 Å². The van der Waals surface area contributed by atoms with Crippen LogP contribution in [-0.4, -0.2) is 66.3 Å². The number of nitrogens with one attached hydrogen (secondary N) is 1. The Morgan fingerprint density at radius 1 is 1.24 bits per heavy atom. The van der Waals surface area contributed by atoms with E-state index >= 15 is 8.78 Å². The number of anilines is 2. The summed E-state index contributed by atoms with van der Waals surface area (Å²) in [5, 5.41) is 3.21. The SMILES string of the molecule is [2H]C([2H])([2H])Oc1cc2ncnc(Nc3cccc(C)c3F)c2cc1O[C@H]1CCN(C2COC2)CC1(F)F. The summed E-state index contributed by atoms with van der Waals surface area (Å²) in [5.41, 5.74) is 0.829. The van der Waals surface area contributed by atoms with Gasteiger partial charge in [-0.25, -0.2) is 23.1 Å². The maximum Gasteiger partial charge on any atom is 0.296 e. The van der Waals surface area contributed by atoms with Crippen LogP contribution >= 0.6 is 0 Å². The van der Waals surface area contributed by atoms with E-state index in [-0.39, 0.29) is 41.0 Å². The molecular formula is C24H25F3N4O3. The van der Waals surface area contributed by atoms with Gasteiger partial charge in [-0.15, -0.1) is 0 Å². The molecule has 180 valence electrons. The fourth-order valence-electron chi connectivity index (χ4n) is 4.20. The maximum atomic E-state index is 15.1. The predicted octanol–water partition coefficient (Wildman–Crippen LogP) is 4.32. The molecule has 0 radical (unpaired) electrons. The van der Waals surface area contributed by atoms with Gasteiger partial charge in [-0.3, -0.25) is 4.90 Å². The van der Waals surface area contributed by atoms with E-state index in [4.69, 9.17) is 18.3 Å². The number of nitrogens with zero attached hydrogens (tertiary/aromatic N) is 3. The molecule has 1 atom stereocenters. The van der Waals surface area contributed by atoms with E-state index in [1.807, 2.05) is 0 Å². The van der Waals surface area contributed by atoms with Crippen LogP contribution in [0.4, 0.5) is 24.7 Å². The van der Waals surface area contributed by atoms with Gasteiger partial charge in [0.15, 0.2) is 17.6 Å². The van der Waals surface area contributed by atoms with Crippen molar-refractivity contribution in [2.75, 3.05) is 38.7 Å². The Balaban J connectivity index is 1.50. The van der Waals surface area contributed by atoms with Gasteiger partial charge in [0, 0.05) is 24.4 Å². The number of likely N-dealkylation sites (tertiary alicyclic amines) is 1. The molecule has 34 heavy (non-hydrogen) atoms. The molecule has 0 aliphatic carbocycles. The molecule has 0 unspecified atom stereocenters. The average Bonchev–Trinajstić information content (AvgIpc) is 2.77. The highest BCUT2D eigenvalue weighted by Gasteiger charge is 2.48. The minimum absolute atomic E-state index is 0.0135. The van der Waals surface area contributed by atoms with Gasteiger partial charge in [-0.1, -0.05) is 12.1 Å². The zero-order valence-electron chi connectivity index (χ0n) is 21.4. The first-order valence-electron chi connectivity index (χ1n) is 12.4.